The number of aryl methyl sites for hydroxylation is 1. The molecule has 2 aromatic heterocycles. The number of hydrogen-bond acceptors (Lipinski definition) is 5. The van der Waals surface area contributed by atoms with Crippen LogP contribution in [0, 0.1) is 12.8 Å². The fraction of sp³-hybridized carbons (Fsp3) is 0.545. The Hall–Kier alpha value is -1.69. The summed E-state index contributed by atoms with van der Waals surface area (Å²) in [4.78, 5) is 4.36. The smallest absolute Gasteiger partial charge is 0.261 e. The van der Waals surface area contributed by atoms with Gasteiger partial charge in [-0.3, -0.25) is 4.68 Å². The third-order valence-electron chi connectivity index (χ3n) is 3.34. The van der Waals surface area contributed by atoms with Crippen LogP contribution in [0.2, 0.25) is 0 Å². The first-order valence-electron chi connectivity index (χ1n) is 5.75. The molecule has 1 aliphatic rings. The minimum absolute atomic E-state index is 0.0931. The summed E-state index contributed by atoms with van der Waals surface area (Å²) in [5, 5.41) is 8.11. The van der Waals surface area contributed by atoms with Gasteiger partial charge in [0.1, 0.15) is 0 Å². The first-order chi connectivity index (χ1) is 8.16. The summed E-state index contributed by atoms with van der Waals surface area (Å²) in [5.41, 5.74) is 7.90. The lowest BCUT2D eigenvalue weighted by Gasteiger charge is -2.01. The van der Waals surface area contributed by atoms with E-state index in [2.05, 4.69) is 15.2 Å². The van der Waals surface area contributed by atoms with Gasteiger partial charge in [-0.2, -0.15) is 10.1 Å². The highest BCUT2D eigenvalue weighted by Gasteiger charge is 2.32. The summed E-state index contributed by atoms with van der Waals surface area (Å²) in [6.07, 6.45) is 4.06. The van der Waals surface area contributed by atoms with Gasteiger partial charge < -0.3 is 10.3 Å². The lowest BCUT2D eigenvalue weighted by Crippen LogP contribution is -2.13. The average molecular weight is 233 g/mol. The van der Waals surface area contributed by atoms with E-state index >= 15 is 0 Å². The normalized spacial score (nSPS) is 17.4. The van der Waals surface area contributed by atoms with E-state index in [4.69, 9.17) is 10.3 Å². The fourth-order valence-corrected chi connectivity index (χ4v) is 1.85. The molecule has 0 radical (unpaired) electrons. The molecule has 0 amide bonds. The van der Waals surface area contributed by atoms with Gasteiger partial charge >= 0.3 is 0 Å². The van der Waals surface area contributed by atoms with Crippen molar-refractivity contribution in [1.82, 2.24) is 19.9 Å². The predicted octanol–water partition coefficient (Wildman–Crippen LogP) is 1.19. The standard InChI is InChI=1S/C11H15N5O/c1-6-8(5-13-16(6)2)11-14-10(15-17-11)9(12)7-3-4-7/h5,7,9H,3-4,12H2,1-2H3. The lowest BCUT2D eigenvalue weighted by atomic mass is 10.2. The number of rotatable bonds is 3. The third kappa shape index (κ3) is 1.74. The summed E-state index contributed by atoms with van der Waals surface area (Å²) in [5.74, 6) is 1.63. The van der Waals surface area contributed by atoms with Gasteiger partial charge in [-0.25, -0.2) is 0 Å². The van der Waals surface area contributed by atoms with Gasteiger partial charge in [0.2, 0.25) is 0 Å². The van der Waals surface area contributed by atoms with Crippen LogP contribution in [0.15, 0.2) is 10.7 Å². The summed E-state index contributed by atoms with van der Waals surface area (Å²) >= 11 is 0. The Kier molecular flexibility index (Phi) is 2.25. The molecule has 1 atom stereocenters. The van der Waals surface area contributed by atoms with Crippen LogP contribution >= 0.6 is 0 Å². The zero-order valence-corrected chi connectivity index (χ0v) is 9.92. The van der Waals surface area contributed by atoms with Crippen molar-refractivity contribution in [3.8, 4) is 11.5 Å². The van der Waals surface area contributed by atoms with Crippen molar-refractivity contribution in [2.24, 2.45) is 18.7 Å². The van der Waals surface area contributed by atoms with E-state index < -0.39 is 0 Å². The average Bonchev–Trinajstić information content (AvgIpc) is 2.97. The molecule has 6 heteroatoms. The van der Waals surface area contributed by atoms with Crippen LogP contribution < -0.4 is 5.73 Å². The van der Waals surface area contributed by atoms with E-state index in [9.17, 15) is 0 Å². The van der Waals surface area contributed by atoms with E-state index in [1.807, 2.05) is 14.0 Å². The zero-order chi connectivity index (χ0) is 12.0. The molecule has 2 N–H and O–H groups in total. The number of nitrogens with two attached hydrogens (primary N) is 1. The van der Waals surface area contributed by atoms with E-state index in [-0.39, 0.29) is 6.04 Å². The molecule has 1 saturated carbocycles. The quantitative estimate of drug-likeness (QED) is 0.860. The van der Waals surface area contributed by atoms with Crippen molar-refractivity contribution < 1.29 is 4.52 Å². The van der Waals surface area contributed by atoms with E-state index in [1.54, 1.807) is 10.9 Å². The molecule has 1 unspecified atom stereocenters. The Morgan fingerprint density at radius 2 is 2.29 bits per heavy atom. The Morgan fingerprint density at radius 1 is 1.53 bits per heavy atom. The number of nitrogens with zero attached hydrogens (tertiary/aromatic N) is 4. The van der Waals surface area contributed by atoms with Crippen molar-refractivity contribution >= 4 is 0 Å². The van der Waals surface area contributed by atoms with Crippen molar-refractivity contribution in [1.29, 1.82) is 0 Å². The summed E-state index contributed by atoms with van der Waals surface area (Å²) in [7, 11) is 1.88. The van der Waals surface area contributed by atoms with Crippen LogP contribution in [0.25, 0.3) is 11.5 Å². The summed E-state index contributed by atoms with van der Waals surface area (Å²) in [6, 6.07) is -0.0931. The van der Waals surface area contributed by atoms with Gasteiger partial charge in [0, 0.05) is 12.7 Å². The molecule has 2 aromatic rings. The van der Waals surface area contributed by atoms with Crippen LogP contribution in [0.3, 0.4) is 0 Å². The highest BCUT2D eigenvalue weighted by Crippen LogP contribution is 2.38. The van der Waals surface area contributed by atoms with Gasteiger partial charge in [0.05, 0.1) is 17.8 Å². The molecule has 17 heavy (non-hydrogen) atoms. The predicted molar refractivity (Wildman–Crippen MR) is 60.9 cm³/mol. The SMILES string of the molecule is Cc1c(-c2nc(C(N)C3CC3)no2)cnn1C. The monoisotopic (exact) mass is 233 g/mol. The lowest BCUT2D eigenvalue weighted by molar-refractivity contribution is 0.411. The molecule has 0 bridgehead atoms. The molecule has 1 fully saturated rings. The number of aromatic nitrogens is 4. The molecule has 0 spiro atoms. The van der Waals surface area contributed by atoms with Gasteiger partial charge in [0.15, 0.2) is 5.82 Å². The first-order valence-corrected chi connectivity index (χ1v) is 5.75. The van der Waals surface area contributed by atoms with Crippen LogP contribution in [0.5, 0.6) is 0 Å². The fourth-order valence-electron chi connectivity index (χ4n) is 1.85. The Balaban J connectivity index is 1.91. The summed E-state index contributed by atoms with van der Waals surface area (Å²) < 4.78 is 7.03. The molecule has 2 heterocycles. The van der Waals surface area contributed by atoms with Crippen molar-refractivity contribution in [3.63, 3.8) is 0 Å². The molecular formula is C11H15N5O. The van der Waals surface area contributed by atoms with E-state index in [0.29, 0.717) is 17.6 Å². The van der Waals surface area contributed by atoms with Gasteiger partial charge in [-0.1, -0.05) is 5.16 Å². The first kappa shape index (κ1) is 10.5. The molecule has 0 saturated heterocycles. The molecule has 1 aliphatic carbocycles. The second kappa shape index (κ2) is 3.66. The second-order valence-corrected chi connectivity index (χ2v) is 4.59. The minimum atomic E-state index is -0.0931. The molecule has 0 aromatic carbocycles. The molecule has 0 aliphatic heterocycles. The highest BCUT2D eigenvalue weighted by atomic mass is 16.5. The Labute approximate surface area is 98.8 Å². The van der Waals surface area contributed by atoms with Gasteiger partial charge in [-0.05, 0) is 25.7 Å². The largest absolute Gasteiger partial charge is 0.334 e. The molecule has 6 nitrogen and oxygen atoms in total. The Morgan fingerprint density at radius 3 is 2.88 bits per heavy atom. The van der Waals surface area contributed by atoms with Crippen molar-refractivity contribution in [2.45, 2.75) is 25.8 Å². The number of hydrogen-bond donors (Lipinski definition) is 1. The molecule has 3 rings (SSSR count). The second-order valence-electron chi connectivity index (χ2n) is 4.59. The van der Waals surface area contributed by atoms with Crippen LogP contribution in [-0.2, 0) is 7.05 Å². The van der Waals surface area contributed by atoms with E-state index in [1.165, 1.54) is 0 Å². The van der Waals surface area contributed by atoms with Crippen LogP contribution in [0.1, 0.15) is 30.4 Å². The van der Waals surface area contributed by atoms with Crippen molar-refractivity contribution in [3.05, 3.63) is 17.7 Å². The molecule has 90 valence electrons. The van der Waals surface area contributed by atoms with Crippen molar-refractivity contribution in [2.75, 3.05) is 0 Å². The summed E-state index contributed by atoms with van der Waals surface area (Å²) in [6.45, 7) is 1.97. The Bertz CT molecular complexity index is 540. The van der Waals surface area contributed by atoms with Crippen LogP contribution in [-0.4, -0.2) is 19.9 Å². The highest BCUT2D eigenvalue weighted by molar-refractivity contribution is 5.54. The topological polar surface area (TPSA) is 82.8 Å². The maximum Gasteiger partial charge on any atom is 0.261 e. The maximum atomic E-state index is 6.03. The minimum Gasteiger partial charge on any atom is -0.334 e. The van der Waals surface area contributed by atoms with Gasteiger partial charge in [0.25, 0.3) is 5.89 Å². The van der Waals surface area contributed by atoms with Crippen LogP contribution in [0.4, 0.5) is 0 Å². The van der Waals surface area contributed by atoms with E-state index in [0.717, 1.165) is 24.1 Å². The maximum absolute atomic E-state index is 6.03. The third-order valence-corrected chi connectivity index (χ3v) is 3.34. The molecular weight excluding hydrogens is 218 g/mol. The van der Waals surface area contributed by atoms with Gasteiger partial charge in [-0.15, -0.1) is 0 Å². The zero-order valence-electron chi connectivity index (χ0n) is 9.92.